The smallest absolute Gasteiger partial charge is 0.338 e. The van der Waals surface area contributed by atoms with E-state index in [2.05, 4.69) is 25.9 Å². The van der Waals surface area contributed by atoms with Gasteiger partial charge in [-0.2, -0.15) is 0 Å². The Labute approximate surface area is 117 Å². The van der Waals surface area contributed by atoms with E-state index < -0.39 is 5.97 Å². The van der Waals surface area contributed by atoms with Crippen molar-refractivity contribution in [3.63, 3.8) is 0 Å². The molecule has 0 saturated carbocycles. The van der Waals surface area contributed by atoms with E-state index in [1.54, 1.807) is 25.4 Å². The minimum absolute atomic E-state index is 0.229. The lowest BCUT2D eigenvalue weighted by Crippen LogP contribution is -2.03. The quantitative estimate of drug-likeness (QED) is 0.937. The summed E-state index contributed by atoms with van der Waals surface area (Å²) in [6.45, 7) is 1.75. The molecule has 18 heavy (non-hydrogen) atoms. The largest absolute Gasteiger partial charge is 0.478 e. The van der Waals surface area contributed by atoms with Crippen molar-refractivity contribution in [2.45, 2.75) is 17.0 Å². The van der Waals surface area contributed by atoms with E-state index in [4.69, 9.17) is 0 Å². The molecule has 2 heterocycles. The third-order valence-corrected chi connectivity index (χ3v) is 3.66. The van der Waals surface area contributed by atoms with Crippen molar-refractivity contribution in [2.24, 2.45) is 0 Å². The fourth-order valence-corrected chi connectivity index (χ4v) is 2.53. The highest BCUT2D eigenvalue weighted by atomic mass is 79.9. The van der Waals surface area contributed by atoms with Crippen LogP contribution in [0.1, 0.15) is 15.9 Å². The number of pyridine rings is 2. The summed E-state index contributed by atoms with van der Waals surface area (Å²) in [6.07, 6.45) is 3.27. The number of halogens is 1. The Kier molecular flexibility index (Phi) is 3.98. The number of hydrogen-bond acceptors (Lipinski definition) is 4. The van der Waals surface area contributed by atoms with Gasteiger partial charge in [0.1, 0.15) is 10.1 Å². The monoisotopic (exact) mass is 324 g/mol. The SMILES string of the molecule is Cc1ccnc(Sc2ccc(Br)cn2)c1C(=O)O. The summed E-state index contributed by atoms with van der Waals surface area (Å²) in [5.74, 6) is -0.972. The molecule has 0 spiro atoms. The summed E-state index contributed by atoms with van der Waals surface area (Å²) >= 11 is 4.54. The van der Waals surface area contributed by atoms with E-state index in [0.29, 0.717) is 15.6 Å². The molecule has 0 fully saturated rings. The van der Waals surface area contributed by atoms with Crippen LogP contribution in [0.15, 0.2) is 45.1 Å². The highest BCUT2D eigenvalue weighted by Crippen LogP contribution is 2.29. The van der Waals surface area contributed by atoms with Crippen LogP contribution in [0.25, 0.3) is 0 Å². The fraction of sp³-hybridized carbons (Fsp3) is 0.0833. The maximum Gasteiger partial charge on any atom is 0.338 e. The number of aryl methyl sites for hydroxylation is 1. The molecule has 0 atom stereocenters. The molecule has 0 aliphatic rings. The van der Waals surface area contributed by atoms with Gasteiger partial charge in [0.15, 0.2) is 0 Å². The van der Waals surface area contributed by atoms with Gasteiger partial charge in [0, 0.05) is 16.9 Å². The number of hydrogen-bond donors (Lipinski definition) is 1. The Hall–Kier alpha value is -1.40. The maximum atomic E-state index is 11.2. The molecule has 4 nitrogen and oxygen atoms in total. The normalized spacial score (nSPS) is 10.3. The van der Waals surface area contributed by atoms with E-state index >= 15 is 0 Å². The van der Waals surface area contributed by atoms with Crippen LogP contribution in [0, 0.1) is 6.92 Å². The van der Waals surface area contributed by atoms with E-state index in [1.165, 1.54) is 11.8 Å². The minimum Gasteiger partial charge on any atom is -0.478 e. The fourth-order valence-electron chi connectivity index (χ4n) is 1.39. The second kappa shape index (κ2) is 5.49. The average Bonchev–Trinajstić information content (AvgIpc) is 2.32. The molecule has 0 saturated heterocycles. The number of carboxylic acid groups (broad SMARTS) is 1. The molecule has 2 rings (SSSR count). The summed E-state index contributed by atoms with van der Waals surface area (Å²) < 4.78 is 0.877. The molecule has 0 aliphatic carbocycles. The molecule has 1 N–H and O–H groups in total. The Morgan fingerprint density at radius 1 is 1.33 bits per heavy atom. The Morgan fingerprint density at radius 3 is 2.72 bits per heavy atom. The first-order chi connectivity index (χ1) is 8.58. The van der Waals surface area contributed by atoms with Crippen molar-refractivity contribution in [3.8, 4) is 0 Å². The Morgan fingerprint density at radius 2 is 2.11 bits per heavy atom. The number of nitrogens with zero attached hydrogens (tertiary/aromatic N) is 2. The Bertz CT molecular complexity index is 587. The van der Waals surface area contributed by atoms with Gasteiger partial charge < -0.3 is 5.11 Å². The van der Waals surface area contributed by atoms with Crippen molar-refractivity contribution in [1.82, 2.24) is 9.97 Å². The zero-order valence-electron chi connectivity index (χ0n) is 9.42. The van der Waals surface area contributed by atoms with Crippen LogP contribution in [0.5, 0.6) is 0 Å². The zero-order valence-corrected chi connectivity index (χ0v) is 11.8. The number of rotatable bonds is 3. The molecule has 0 unspecified atom stereocenters. The van der Waals surface area contributed by atoms with E-state index in [0.717, 1.165) is 4.47 Å². The van der Waals surface area contributed by atoms with Gasteiger partial charge in [0.05, 0.1) is 5.56 Å². The van der Waals surface area contributed by atoms with Crippen LogP contribution in [0.2, 0.25) is 0 Å². The van der Waals surface area contributed by atoms with Gasteiger partial charge in [-0.05, 0) is 58.4 Å². The molecule has 0 aliphatic heterocycles. The highest BCUT2D eigenvalue weighted by molar-refractivity contribution is 9.10. The van der Waals surface area contributed by atoms with Crippen LogP contribution >= 0.6 is 27.7 Å². The highest BCUT2D eigenvalue weighted by Gasteiger charge is 2.15. The van der Waals surface area contributed by atoms with Crippen molar-refractivity contribution < 1.29 is 9.90 Å². The molecule has 0 amide bonds. The van der Waals surface area contributed by atoms with Crippen LogP contribution in [0.4, 0.5) is 0 Å². The van der Waals surface area contributed by atoms with Crippen molar-refractivity contribution in [2.75, 3.05) is 0 Å². The van der Waals surface area contributed by atoms with E-state index in [1.807, 2.05) is 12.1 Å². The van der Waals surface area contributed by atoms with Gasteiger partial charge in [-0.25, -0.2) is 14.8 Å². The van der Waals surface area contributed by atoms with Gasteiger partial charge in [-0.3, -0.25) is 0 Å². The third kappa shape index (κ3) is 2.88. The molecule has 2 aromatic rings. The van der Waals surface area contributed by atoms with Gasteiger partial charge >= 0.3 is 5.97 Å². The van der Waals surface area contributed by atoms with Crippen molar-refractivity contribution in [3.05, 3.63) is 46.2 Å². The molecule has 0 radical (unpaired) electrons. The molecule has 0 bridgehead atoms. The molecule has 2 aromatic heterocycles. The van der Waals surface area contributed by atoms with Gasteiger partial charge in [-0.15, -0.1) is 0 Å². The predicted molar refractivity (Wildman–Crippen MR) is 72.0 cm³/mol. The average molecular weight is 325 g/mol. The lowest BCUT2D eigenvalue weighted by atomic mass is 10.2. The van der Waals surface area contributed by atoms with Crippen molar-refractivity contribution in [1.29, 1.82) is 0 Å². The maximum absolute atomic E-state index is 11.2. The molecular formula is C12H9BrN2O2S. The van der Waals surface area contributed by atoms with Gasteiger partial charge in [0.2, 0.25) is 0 Å². The van der Waals surface area contributed by atoms with Crippen LogP contribution < -0.4 is 0 Å². The number of aromatic nitrogens is 2. The van der Waals surface area contributed by atoms with Crippen LogP contribution in [0.3, 0.4) is 0 Å². The topological polar surface area (TPSA) is 63.1 Å². The molecular weight excluding hydrogens is 316 g/mol. The number of carbonyl (C=O) groups is 1. The predicted octanol–water partition coefficient (Wildman–Crippen LogP) is 3.40. The second-order valence-corrected chi connectivity index (χ2v) is 5.45. The lowest BCUT2D eigenvalue weighted by molar-refractivity contribution is 0.0691. The first kappa shape index (κ1) is 13.0. The molecule has 6 heteroatoms. The summed E-state index contributed by atoms with van der Waals surface area (Å²) in [6, 6.07) is 5.35. The van der Waals surface area contributed by atoms with E-state index in [-0.39, 0.29) is 5.56 Å². The third-order valence-electron chi connectivity index (χ3n) is 2.24. The summed E-state index contributed by atoms with van der Waals surface area (Å²) in [4.78, 5) is 19.5. The molecule has 92 valence electrons. The second-order valence-electron chi connectivity index (χ2n) is 3.53. The first-order valence-corrected chi connectivity index (χ1v) is 6.67. The minimum atomic E-state index is -0.972. The summed E-state index contributed by atoms with van der Waals surface area (Å²) in [5.41, 5.74) is 0.921. The summed E-state index contributed by atoms with van der Waals surface area (Å²) in [7, 11) is 0. The van der Waals surface area contributed by atoms with Crippen LogP contribution in [-0.4, -0.2) is 21.0 Å². The number of aromatic carboxylic acids is 1. The Balaban J connectivity index is 2.37. The summed E-state index contributed by atoms with van der Waals surface area (Å²) in [5, 5.41) is 10.4. The zero-order chi connectivity index (χ0) is 13.1. The standard InChI is InChI=1S/C12H9BrN2O2S/c1-7-4-5-14-11(10(7)12(16)17)18-9-3-2-8(13)6-15-9/h2-6H,1H3,(H,16,17). The van der Waals surface area contributed by atoms with Crippen LogP contribution in [-0.2, 0) is 0 Å². The van der Waals surface area contributed by atoms with Gasteiger partial charge in [0.25, 0.3) is 0 Å². The lowest BCUT2D eigenvalue weighted by Gasteiger charge is -2.06. The first-order valence-electron chi connectivity index (χ1n) is 5.06. The molecule has 0 aromatic carbocycles. The van der Waals surface area contributed by atoms with Gasteiger partial charge in [-0.1, -0.05) is 0 Å². The number of carboxylic acids is 1. The van der Waals surface area contributed by atoms with Crippen molar-refractivity contribution >= 4 is 33.7 Å². The van der Waals surface area contributed by atoms with E-state index in [9.17, 15) is 9.90 Å².